The summed E-state index contributed by atoms with van der Waals surface area (Å²) in [7, 11) is 1.54. The number of ether oxygens (including phenoxy) is 1. The van der Waals surface area contributed by atoms with Crippen LogP contribution in [0, 0.1) is 13.8 Å². The van der Waals surface area contributed by atoms with Crippen molar-refractivity contribution in [2.45, 2.75) is 32.7 Å². The van der Waals surface area contributed by atoms with Crippen molar-refractivity contribution < 1.29 is 23.8 Å². The quantitative estimate of drug-likeness (QED) is 0.666. The number of hydrogen-bond donors (Lipinski definition) is 1. The molecule has 8 heteroatoms. The van der Waals surface area contributed by atoms with E-state index < -0.39 is 23.5 Å². The smallest absolute Gasteiger partial charge is 0.339 e. The predicted molar refractivity (Wildman–Crippen MR) is 102 cm³/mol. The van der Waals surface area contributed by atoms with Gasteiger partial charge in [-0.15, -0.1) is 0 Å². The maximum absolute atomic E-state index is 12.4. The van der Waals surface area contributed by atoms with Gasteiger partial charge in [0.2, 0.25) is 5.91 Å². The summed E-state index contributed by atoms with van der Waals surface area (Å²) in [5.74, 6) is -0.947. The molecule has 1 aromatic heterocycles. The second-order valence-electron chi connectivity index (χ2n) is 6.16. The molecule has 0 bridgehead atoms. The van der Waals surface area contributed by atoms with Gasteiger partial charge in [0.15, 0.2) is 0 Å². The Balaban J connectivity index is 2.23. The van der Waals surface area contributed by atoms with Crippen molar-refractivity contribution in [3.05, 3.63) is 39.2 Å². The maximum Gasteiger partial charge on any atom is 0.339 e. The molecule has 2 rings (SSSR count). The molecule has 0 radical (unpaired) electrons. The molecule has 146 valence electrons. The van der Waals surface area contributed by atoms with E-state index in [0.29, 0.717) is 16.9 Å². The number of thioether (sulfide) groups is 1. The molecule has 7 nitrogen and oxygen atoms in total. The molecule has 1 aromatic carbocycles. The second kappa shape index (κ2) is 8.94. The van der Waals surface area contributed by atoms with Crippen LogP contribution < -0.4 is 20.8 Å². The average molecular weight is 392 g/mol. The molecule has 0 saturated heterocycles. The molecular weight excluding hydrogens is 370 g/mol. The van der Waals surface area contributed by atoms with Gasteiger partial charge in [-0.1, -0.05) is 0 Å². The summed E-state index contributed by atoms with van der Waals surface area (Å²) in [6.45, 7) is 3.61. The van der Waals surface area contributed by atoms with Gasteiger partial charge in [-0.05, 0) is 44.2 Å². The van der Waals surface area contributed by atoms with Gasteiger partial charge < -0.3 is 24.4 Å². The lowest BCUT2D eigenvalue weighted by Crippen LogP contribution is -2.49. The largest absolute Gasteiger partial charge is 0.548 e. The molecule has 1 heterocycles. The molecular formula is C19H22NO6S-. The Hall–Kier alpha value is -2.48. The highest BCUT2D eigenvalue weighted by Crippen LogP contribution is 2.29. The van der Waals surface area contributed by atoms with Crippen LogP contribution in [0.2, 0.25) is 0 Å². The normalized spacial score (nSPS) is 12.0. The minimum atomic E-state index is -1.33. The van der Waals surface area contributed by atoms with Gasteiger partial charge in [0.05, 0.1) is 19.1 Å². The number of aryl methyl sites for hydroxylation is 2. The summed E-state index contributed by atoms with van der Waals surface area (Å²) >= 11 is 1.29. The molecule has 0 fully saturated rings. The third-order valence-corrected chi connectivity index (χ3v) is 5.10. The van der Waals surface area contributed by atoms with E-state index in [1.165, 1.54) is 11.8 Å². The minimum Gasteiger partial charge on any atom is -0.548 e. The van der Waals surface area contributed by atoms with E-state index in [-0.39, 0.29) is 18.6 Å². The minimum absolute atomic E-state index is 0.0234. The van der Waals surface area contributed by atoms with Crippen molar-refractivity contribution in [3.63, 3.8) is 0 Å². The number of rotatable bonds is 8. The fraction of sp³-hybridized carbons (Fsp3) is 0.421. The van der Waals surface area contributed by atoms with E-state index in [0.717, 1.165) is 16.5 Å². The number of nitrogens with one attached hydrogen (secondary N) is 1. The number of carboxylic acid groups (broad SMARTS) is 1. The van der Waals surface area contributed by atoms with Crippen molar-refractivity contribution in [3.8, 4) is 5.75 Å². The molecule has 27 heavy (non-hydrogen) atoms. The number of amides is 1. The van der Waals surface area contributed by atoms with E-state index in [4.69, 9.17) is 9.15 Å². The molecule has 0 spiro atoms. The van der Waals surface area contributed by atoms with Gasteiger partial charge >= 0.3 is 5.63 Å². The van der Waals surface area contributed by atoms with Crippen LogP contribution in [0.4, 0.5) is 0 Å². The van der Waals surface area contributed by atoms with Crippen LogP contribution >= 0.6 is 11.8 Å². The summed E-state index contributed by atoms with van der Waals surface area (Å²) in [6.07, 6.45) is 1.87. The number of aliphatic carboxylic acids is 1. The zero-order chi connectivity index (χ0) is 20.1. The van der Waals surface area contributed by atoms with Crippen LogP contribution in [0.1, 0.15) is 23.1 Å². The first kappa shape index (κ1) is 20.8. The molecule has 0 aliphatic heterocycles. The summed E-state index contributed by atoms with van der Waals surface area (Å²) in [5.41, 5.74) is 1.82. The van der Waals surface area contributed by atoms with E-state index in [1.54, 1.807) is 26.4 Å². The first-order valence-electron chi connectivity index (χ1n) is 8.39. The summed E-state index contributed by atoms with van der Waals surface area (Å²) in [4.78, 5) is 35.5. The van der Waals surface area contributed by atoms with Crippen LogP contribution in [0.15, 0.2) is 21.3 Å². The molecule has 1 N–H and O–H groups in total. The number of benzene rings is 1. The van der Waals surface area contributed by atoms with Crippen molar-refractivity contribution in [1.29, 1.82) is 0 Å². The number of carbonyl (C=O) groups is 2. The molecule has 1 atom stereocenters. The highest BCUT2D eigenvalue weighted by atomic mass is 32.2. The Morgan fingerprint density at radius 3 is 2.59 bits per heavy atom. The highest BCUT2D eigenvalue weighted by molar-refractivity contribution is 7.98. The lowest BCUT2D eigenvalue weighted by Gasteiger charge is -2.18. The predicted octanol–water partition coefficient (Wildman–Crippen LogP) is 0.949. The lowest BCUT2D eigenvalue weighted by molar-refractivity contribution is -0.307. The van der Waals surface area contributed by atoms with Crippen LogP contribution in [0.5, 0.6) is 5.75 Å². The number of carbonyl (C=O) groups excluding carboxylic acids is 2. The summed E-state index contributed by atoms with van der Waals surface area (Å²) in [5, 5.41) is 14.2. The summed E-state index contributed by atoms with van der Waals surface area (Å²) < 4.78 is 10.7. The van der Waals surface area contributed by atoms with Crippen LogP contribution in [-0.2, 0) is 16.0 Å². The number of methoxy groups -OCH3 is 1. The Bertz CT molecular complexity index is 921. The monoisotopic (exact) mass is 392 g/mol. The first-order chi connectivity index (χ1) is 12.8. The van der Waals surface area contributed by atoms with E-state index >= 15 is 0 Å². The lowest BCUT2D eigenvalue weighted by atomic mass is 10.00. The zero-order valence-electron chi connectivity index (χ0n) is 15.7. The number of hydrogen-bond acceptors (Lipinski definition) is 7. The van der Waals surface area contributed by atoms with Crippen LogP contribution in [0.25, 0.3) is 11.0 Å². The molecule has 0 saturated carbocycles. The summed E-state index contributed by atoms with van der Waals surface area (Å²) in [6, 6.07) is 2.55. The fourth-order valence-electron chi connectivity index (χ4n) is 2.92. The van der Waals surface area contributed by atoms with Crippen molar-refractivity contribution in [2.24, 2.45) is 0 Å². The Kier molecular flexibility index (Phi) is 6.90. The standard InChI is InChI=1S/C19H23NO6S/c1-10-12-5-7-15(25-3)11(2)17(12)26-19(24)13(10)6-8-16(21)20-14(9-27-4)18(22)23/h5,7,14H,6,8-9H2,1-4H3,(H,20,21)(H,22,23)/p-1/t14-/m0/s1. The highest BCUT2D eigenvalue weighted by Gasteiger charge is 2.17. The van der Waals surface area contributed by atoms with E-state index in [9.17, 15) is 19.5 Å². The van der Waals surface area contributed by atoms with Gasteiger partial charge in [0.1, 0.15) is 11.3 Å². The third-order valence-electron chi connectivity index (χ3n) is 4.43. The fourth-order valence-corrected chi connectivity index (χ4v) is 3.47. The SMILES string of the molecule is COc1ccc2c(C)c(CCC(=O)N[C@@H](CSC)C(=O)[O-])c(=O)oc2c1C. The van der Waals surface area contributed by atoms with Crippen molar-refractivity contribution in [1.82, 2.24) is 5.32 Å². The third kappa shape index (κ3) is 4.63. The average Bonchev–Trinajstić information content (AvgIpc) is 2.62. The maximum atomic E-state index is 12.4. The van der Waals surface area contributed by atoms with E-state index in [1.807, 2.05) is 13.0 Å². The van der Waals surface area contributed by atoms with Gasteiger partial charge in [0.25, 0.3) is 0 Å². The number of carboxylic acids is 1. The molecule has 0 unspecified atom stereocenters. The van der Waals surface area contributed by atoms with Gasteiger partial charge in [-0.3, -0.25) is 4.79 Å². The second-order valence-corrected chi connectivity index (χ2v) is 7.07. The Labute approximate surface area is 161 Å². The van der Waals surface area contributed by atoms with Crippen LogP contribution in [0.3, 0.4) is 0 Å². The van der Waals surface area contributed by atoms with Gasteiger partial charge in [-0.2, -0.15) is 11.8 Å². The molecule has 0 aliphatic rings. The van der Waals surface area contributed by atoms with Crippen molar-refractivity contribution >= 4 is 34.6 Å². The number of fused-ring (bicyclic) bond motifs is 1. The van der Waals surface area contributed by atoms with Crippen molar-refractivity contribution in [2.75, 3.05) is 19.1 Å². The molecule has 1 amide bonds. The first-order valence-corrected chi connectivity index (χ1v) is 9.78. The molecule has 2 aromatic rings. The van der Waals surface area contributed by atoms with E-state index in [2.05, 4.69) is 5.32 Å². The topological polar surface area (TPSA) is 109 Å². The Morgan fingerprint density at radius 1 is 1.30 bits per heavy atom. The molecule has 0 aliphatic carbocycles. The Morgan fingerprint density at radius 2 is 2.00 bits per heavy atom. The van der Waals surface area contributed by atoms with Gasteiger partial charge in [0, 0.05) is 28.7 Å². The zero-order valence-corrected chi connectivity index (χ0v) is 16.5. The van der Waals surface area contributed by atoms with Gasteiger partial charge in [-0.25, -0.2) is 4.79 Å². The van der Waals surface area contributed by atoms with Crippen LogP contribution in [-0.4, -0.2) is 37.0 Å².